The SMILES string of the molecule is NC(=O)C1CCC(NS(N)(=O)=O)CC1. The van der Waals surface area contributed by atoms with Gasteiger partial charge in [0, 0.05) is 12.0 Å². The van der Waals surface area contributed by atoms with Crippen LogP contribution in [-0.4, -0.2) is 20.4 Å². The van der Waals surface area contributed by atoms with Gasteiger partial charge in [-0.1, -0.05) is 0 Å². The van der Waals surface area contributed by atoms with Crippen molar-refractivity contribution < 1.29 is 13.2 Å². The van der Waals surface area contributed by atoms with E-state index < -0.39 is 10.2 Å². The van der Waals surface area contributed by atoms with Gasteiger partial charge in [-0.15, -0.1) is 0 Å². The van der Waals surface area contributed by atoms with Gasteiger partial charge in [-0.2, -0.15) is 13.1 Å². The normalized spacial score (nSPS) is 28.6. The molecule has 1 rings (SSSR count). The Bertz CT molecular complexity index is 306. The number of carbonyl (C=O) groups excluding carboxylic acids is 1. The van der Waals surface area contributed by atoms with Crippen LogP contribution < -0.4 is 15.6 Å². The second-order valence-electron chi connectivity index (χ2n) is 3.61. The molecule has 0 aromatic heterocycles. The number of hydrogen-bond acceptors (Lipinski definition) is 3. The van der Waals surface area contributed by atoms with E-state index in [9.17, 15) is 13.2 Å². The first-order valence-electron chi connectivity index (χ1n) is 4.48. The van der Waals surface area contributed by atoms with Crippen molar-refractivity contribution in [3.05, 3.63) is 0 Å². The zero-order valence-corrected chi connectivity index (χ0v) is 8.59. The fourth-order valence-electron chi connectivity index (χ4n) is 1.73. The smallest absolute Gasteiger partial charge is 0.274 e. The molecule has 1 amide bonds. The Kier molecular flexibility index (Phi) is 3.46. The Morgan fingerprint density at radius 2 is 1.71 bits per heavy atom. The highest BCUT2D eigenvalue weighted by molar-refractivity contribution is 7.87. The van der Waals surface area contributed by atoms with Crippen LogP contribution in [0.2, 0.25) is 0 Å². The van der Waals surface area contributed by atoms with Crippen molar-refractivity contribution >= 4 is 16.1 Å². The summed E-state index contributed by atoms with van der Waals surface area (Å²) in [7, 11) is -3.63. The van der Waals surface area contributed by atoms with Crippen LogP contribution in [-0.2, 0) is 15.0 Å². The van der Waals surface area contributed by atoms with Crippen molar-refractivity contribution in [1.82, 2.24) is 4.72 Å². The van der Waals surface area contributed by atoms with Gasteiger partial charge in [0.2, 0.25) is 5.91 Å². The second kappa shape index (κ2) is 4.24. The van der Waals surface area contributed by atoms with Gasteiger partial charge in [0.05, 0.1) is 0 Å². The molecule has 14 heavy (non-hydrogen) atoms. The van der Waals surface area contributed by atoms with Crippen molar-refractivity contribution in [2.24, 2.45) is 16.8 Å². The van der Waals surface area contributed by atoms with Crippen LogP contribution in [0.15, 0.2) is 0 Å². The van der Waals surface area contributed by atoms with Gasteiger partial charge in [0.25, 0.3) is 10.2 Å². The fourth-order valence-corrected chi connectivity index (χ4v) is 2.43. The molecule has 0 bridgehead atoms. The summed E-state index contributed by atoms with van der Waals surface area (Å²) >= 11 is 0. The zero-order valence-electron chi connectivity index (χ0n) is 7.77. The maximum absolute atomic E-state index is 10.8. The van der Waals surface area contributed by atoms with Gasteiger partial charge in [-0.25, -0.2) is 5.14 Å². The van der Waals surface area contributed by atoms with E-state index >= 15 is 0 Å². The van der Waals surface area contributed by atoms with Gasteiger partial charge in [0.15, 0.2) is 0 Å². The van der Waals surface area contributed by atoms with E-state index in [1.165, 1.54) is 0 Å². The molecule has 0 spiro atoms. The predicted octanol–water partition coefficient (Wildman–Crippen LogP) is -1.18. The minimum Gasteiger partial charge on any atom is -0.369 e. The van der Waals surface area contributed by atoms with Gasteiger partial charge < -0.3 is 5.73 Å². The first-order chi connectivity index (χ1) is 6.38. The molecule has 0 atom stereocenters. The second-order valence-corrected chi connectivity index (χ2v) is 4.94. The molecule has 5 N–H and O–H groups in total. The molecule has 0 unspecified atom stereocenters. The van der Waals surface area contributed by atoms with E-state index in [4.69, 9.17) is 10.9 Å². The van der Waals surface area contributed by atoms with Crippen LogP contribution in [0, 0.1) is 5.92 Å². The highest BCUT2D eigenvalue weighted by Gasteiger charge is 2.26. The number of carbonyl (C=O) groups is 1. The Morgan fingerprint density at radius 3 is 2.07 bits per heavy atom. The number of rotatable bonds is 3. The molecular formula is C7H15N3O3S. The van der Waals surface area contributed by atoms with E-state index in [1.54, 1.807) is 0 Å². The minimum atomic E-state index is -3.63. The summed E-state index contributed by atoms with van der Waals surface area (Å²) < 4.78 is 23.7. The molecule has 0 aromatic rings. The molecule has 1 aliphatic carbocycles. The summed E-state index contributed by atoms with van der Waals surface area (Å²) in [4.78, 5) is 10.8. The molecule has 0 aromatic carbocycles. The third kappa shape index (κ3) is 3.60. The predicted molar refractivity (Wildman–Crippen MR) is 51.2 cm³/mol. The largest absolute Gasteiger partial charge is 0.369 e. The third-order valence-electron chi connectivity index (χ3n) is 2.46. The summed E-state index contributed by atoms with van der Waals surface area (Å²) in [6, 6.07) is -0.152. The first kappa shape index (κ1) is 11.4. The maximum Gasteiger partial charge on any atom is 0.274 e. The maximum atomic E-state index is 10.8. The van der Waals surface area contributed by atoms with Crippen molar-refractivity contribution in [3.63, 3.8) is 0 Å². The number of nitrogens with two attached hydrogens (primary N) is 2. The molecule has 1 fully saturated rings. The lowest BCUT2D eigenvalue weighted by Crippen LogP contribution is -2.42. The number of nitrogens with one attached hydrogen (secondary N) is 1. The van der Waals surface area contributed by atoms with Gasteiger partial charge in [-0.3, -0.25) is 4.79 Å². The monoisotopic (exact) mass is 221 g/mol. The molecule has 0 saturated heterocycles. The van der Waals surface area contributed by atoms with Gasteiger partial charge in [-0.05, 0) is 25.7 Å². The van der Waals surface area contributed by atoms with Crippen LogP contribution in [0.4, 0.5) is 0 Å². The Balaban J connectivity index is 2.40. The lowest BCUT2D eigenvalue weighted by atomic mass is 9.86. The highest BCUT2D eigenvalue weighted by atomic mass is 32.2. The number of primary amides is 1. The zero-order chi connectivity index (χ0) is 10.8. The molecule has 1 aliphatic rings. The van der Waals surface area contributed by atoms with Crippen LogP contribution >= 0.6 is 0 Å². The van der Waals surface area contributed by atoms with Crippen LogP contribution in [0.5, 0.6) is 0 Å². The molecule has 7 heteroatoms. The topological polar surface area (TPSA) is 115 Å². The quantitative estimate of drug-likeness (QED) is 0.557. The molecule has 1 saturated carbocycles. The molecule has 6 nitrogen and oxygen atoms in total. The van der Waals surface area contributed by atoms with E-state index in [0.717, 1.165) is 0 Å². The van der Waals surface area contributed by atoms with Crippen molar-refractivity contribution in [2.75, 3.05) is 0 Å². The highest BCUT2D eigenvalue weighted by Crippen LogP contribution is 2.23. The molecular weight excluding hydrogens is 206 g/mol. The third-order valence-corrected chi connectivity index (χ3v) is 3.12. The van der Waals surface area contributed by atoms with E-state index in [-0.39, 0.29) is 17.9 Å². The summed E-state index contributed by atoms with van der Waals surface area (Å²) in [6.45, 7) is 0. The number of hydrogen-bond donors (Lipinski definition) is 3. The molecule has 0 heterocycles. The fraction of sp³-hybridized carbons (Fsp3) is 0.857. The first-order valence-corrected chi connectivity index (χ1v) is 6.02. The Morgan fingerprint density at radius 1 is 1.21 bits per heavy atom. The average molecular weight is 221 g/mol. The van der Waals surface area contributed by atoms with Crippen LogP contribution in [0.25, 0.3) is 0 Å². The summed E-state index contributed by atoms with van der Waals surface area (Å²) in [5.41, 5.74) is 5.14. The summed E-state index contributed by atoms with van der Waals surface area (Å²) in [5.74, 6) is -0.424. The summed E-state index contributed by atoms with van der Waals surface area (Å²) in [5, 5.41) is 4.83. The Labute approximate surface area is 83.2 Å². The molecule has 82 valence electrons. The van der Waals surface area contributed by atoms with Gasteiger partial charge in [0.1, 0.15) is 0 Å². The van der Waals surface area contributed by atoms with Crippen LogP contribution in [0.1, 0.15) is 25.7 Å². The molecule has 0 radical (unpaired) electrons. The average Bonchev–Trinajstić information content (AvgIpc) is 2.02. The lowest BCUT2D eigenvalue weighted by Gasteiger charge is -2.26. The number of amides is 1. The van der Waals surface area contributed by atoms with E-state index in [1.807, 2.05) is 0 Å². The lowest BCUT2D eigenvalue weighted by molar-refractivity contribution is -0.122. The standard InChI is InChI=1S/C7H15N3O3S/c8-7(11)5-1-3-6(4-2-5)10-14(9,12)13/h5-6,10H,1-4H2,(H2,8,11)(H2,9,12,13). The van der Waals surface area contributed by atoms with Crippen molar-refractivity contribution in [1.29, 1.82) is 0 Å². The van der Waals surface area contributed by atoms with E-state index in [2.05, 4.69) is 4.72 Å². The van der Waals surface area contributed by atoms with Crippen molar-refractivity contribution in [2.45, 2.75) is 31.7 Å². The van der Waals surface area contributed by atoms with Crippen molar-refractivity contribution in [3.8, 4) is 0 Å². The van der Waals surface area contributed by atoms with E-state index in [0.29, 0.717) is 25.7 Å². The Hall–Kier alpha value is -0.660. The van der Waals surface area contributed by atoms with Crippen LogP contribution in [0.3, 0.4) is 0 Å². The van der Waals surface area contributed by atoms with Gasteiger partial charge >= 0.3 is 0 Å². The minimum absolute atomic E-state index is 0.117. The summed E-state index contributed by atoms with van der Waals surface area (Å²) in [6.07, 6.45) is 2.49. The molecule has 0 aliphatic heterocycles.